The molecule has 1 rings (SSSR count). The van der Waals surface area contributed by atoms with Crippen molar-refractivity contribution in [3.63, 3.8) is 0 Å². The molecule has 0 radical (unpaired) electrons. The molecule has 1 amide bonds. The number of aliphatic carboxylic acids is 1. The van der Waals surface area contributed by atoms with Crippen molar-refractivity contribution < 1.29 is 19.4 Å². The lowest BCUT2D eigenvalue weighted by atomic mass is 10.1. The Balaban J connectivity index is 2.71. The molecule has 0 spiro atoms. The number of carboxylic acids is 1. The smallest absolute Gasteiger partial charge is 0.323 e. The number of benzene rings is 1. The van der Waals surface area contributed by atoms with Gasteiger partial charge in [-0.3, -0.25) is 9.59 Å². The van der Waals surface area contributed by atoms with Gasteiger partial charge in [0.15, 0.2) is 6.61 Å². The standard InChI is InChI=1S/C16H23NO4/c1-5-12-7-6-8-13(9-12)21-11-14(18)17(10-15(19)20)16(2,3)4/h6-9H,5,10-11H2,1-4H3,(H,19,20). The van der Waals surface area contributed by atoms with Gasteiger partial charge in [0.1, 0.15) is 12.3 Å². The van der Waals surface area contributed by atoms with E-state index in [1.54, 1.807) is 26.8 Å². The second-order valence-electron chi connectivity index (χ2n) is 5.83. The summed E-state index contributed by atoms with van der Waals surface area (Å²) in [6.07, 6.45) is 0.887. The molecule has 0 unspecified atom stereocenters. The molecule has 0 aliphatic heterocycles. The summed E-state index contributed by atoms with van der Waals surface area (Å²) in [5.74, 6) is -0.759. The predicted molar refractivity (Wildman–Crippen MR) is 80.4 cm³/mol. The van der Waals surface area contributed by atoms with Crippen LogP contribution in [0.5, 0.6) is 5.75 Å². The second-order valence-corrected chi connectivity index (χ2v) is 5.83. The van der Waals surface area contributed by atoms with Gasteiger partial charge in [-0.25, -0.2) is 0 Å². The van der Waals surface area contributed by atoms with E-state index in [2.05, 4.69) is 0 Å². The molecule has 0 aliphatic carbocycles. The van der Waals surface area contributed by atoms with Crippen LogP contribution < -0.4 is 4.74 Å². The van der Waals surface area contributed by atoms with E-state index in [4.69, 9.17) is 9.84 Å². The zero-order chi connectivity index (χ0) is 16.0. The zero-order valence-corrected chi connectivity index (χ0v) is 13.0. The fraction of sp³-hybridized carbons (Fsp3) is 0.500. The minimum Gasteiger partial charge on any atom is -0.484 e. The molecule has 0 saturated heterocycles. The number of carbonyl (C=O) groups is 2. The van der Waals surface area contributed by atoms with Crippen LogP contribution in [-0.2, 0) is 16.0 Å². The Kier molecular flexibility index (Phi) is 5.76. The van der Waals surface area contributed by atoms with Crippen molar-refractivity contribution in [1.29, 1.82) is 0 Å². The van der Waals surface area contributed by atoms with Crippen LogP contribution in [0.1, 0.15) is 33.3 Å². The van der Waals surface area contributed by atoms with Gasteiger partial charge in [-0.05, 0) is 44.9 Å². The maximum Gasteiger partial charge on any atom is 0.323 e. The molecule has 1 aromatic carbocycles. The highest BCUT2D eigenvalue weighted by molar-refractivity contribution is 5.83. The average molecular weight is 293 g/mol. The summed E-state index contributed by atoms with van der Waals surface area (Å²) in [6, 6.07) is 7.52. The van der Waals surface area contributed by atoms with E-state index >= 15 is 0 Å². The minimum atomic E-state index is -1.04. The first-order chi connectivity index (χ1) is 9.74. The molecule has 5 heteroatoms. The lowest BCUT2D eigenvalue weighted by Crippen LogP contribution is -2.50. The molecule has 0 saturated carbocycles. The molecule has 116 valence electrons. The van der Waals surface area contributed by atoms with Crippen molar-refractivity contribution >= 4 is 11.9 Å². The highest BCUT2D eigenvalue weighted by Crippen LogP contribution is 2.16. The Hall–Kier alpha value is -2.04. The largest absolute Gasteiger partial charge is 0.484 e. The Morgan fingerprint density at radius 3 is 2.48 bits per heavy atom. The first-order valence-electron chi connectivity index (χ1n) is 6.98. The molecule has 5 nitrogen and oxygen atoms in total. The quantitative estimate of drug-likeness (QED) is 0.874. The first kappa shape index (κ1) is 17.0. The van der Waals surface area contributed by atoms with E-state index in [9.17, 15) is 9.59 Å². The fourth-order valence-corrected chi connectivity index (χ4v) is 1.91. The number of carboxylic acid groups (broad SMARTS) is 1. The van der Waals surface area contributed by atoms with Crippen LogP contribution >= 0.6 is 0 Å². The zero-order valence-electron chi connectivity index (χ0n) is 13.0. The molecule has 0 aromatic heterocycles. The molecule has 0 fully saturated rings. The summed E-state index contributed by atoms with van der Waals surface area (Å²) in [7, 11) is 0. The van der Waals surface area contributed by atoms with Gasteiger partial charge in [-0.1, -0.05) is 19.1 Å². The molecule has 0 aliphatic rings. The lowest BCUT2D eigenvalue weighted by molar-refractivity contribution is -0.149. The summed E-state index contributed by atoms with van der Waals surface area (Å²) >= 11 is 0. The van der Waals surface area contributed by atoms with Gasteiger partial charge in [-0.2, -0.15) is 0 Å². The number of hydrogen-bond donors (Lipinski definition) is 1. The predicted octanol–water partition coefficient (Wildman–Crippen LogP) is 2.34. The third-order valence-electron chi connectivity index (χ3n) is 3.07. The molecular formula is C16H23NO4. The SMILES string of the molecule is CCc1cccc(OCC(=O)N(CC(=O)O)C(C)(C)C)c1. The Morgan fingerprint density at radius 1 is 1.29 bits per heavy atom. The van der Waals surface area contributed by atoms with Crippen molar-refractivity contribution in [2.45, 2.75) is 39.7 Å². The van der Waals surface area contributed by atoms with E-state index in [1.807, 2.05) is 25.1 Å². The van der Waals surface area contributed by atoms with Gasteiger partial charge < -0.3 is 14.7 Å². The van der Waals surface area contributed by atoms with E-state index in [0.717, 1.165) is 12.0 Å². The maximum atomic E-state index is 12.2. The van der Waals surface area contributed by atoms with Gasteiger partial charge in [-0.15, -0.1) is 0 Å². The fourth-order valence-electron chi connectivity index (χ4n) is 1.91. The van der Waals surface area contributed by atoms with Crippen LogP contribution in [-0.4, -0.2) is 40.6 Å². The van der Waals surface area contributed by atoms with Crippen LogP contribution in [0.2, 0.25) is 0 Å². The Bertz CT molecular complexity index is 505. The van der Waals surface area contributed by atoms with Crippen molar-refractivity contribution in [3.8, 4) is 5.75 Å². The van der Waals surface area contributed by atoms with Crippen LogP contribution in [0.3, 0.4) is 0 Å². The van der Waals surface area contributed by atoms with Crippen molar-refractivity contribution in [3.05, 3.63) is 29.8 Å². The van der Waals surface area contributed by atoms with Crippen molar-refractivity contribution in [2.24, 2.45) is 0 Å². The van der Waals surface area contributed by atoms with Crippen LogP contribution in [0.4, 0.5) is 0 Å². The number of nitrogens with zero attached hydrogens (tertiary/aromatic N) is 1. The molecule has 0 bridgehead atoms. The Morgan fingerprint density at radius 2 is 1.95 bits per heavy atom. The number of hydrogen-bond acceptors (Lipinski definition) is 3. The first-order valence-corrected chi connectivity index (χ1v) is 6.98. The molecule has 21 heavy (non-hydrogen) atoms. The third-order valence-corrected chi connectivity index (χ3v) is 3.07. The molecule has 0 atom stereocenters. The van der Waals surface area contributed by atoms with E-state index < -0.39 is 11.5 Å². The number of ether oxygens (including phenoxy) is 1. The maximum absolute atomic E-state index is 12.2. The summed E-state index contributed by atoms with van der Waals surface area (Å²) < 4.78 is 5.48. The summed E-state index contributed by atoms with van der Waals surface area (Å²) in [5.41, 5.74) is 0.558. The Labute approximate surface area is 125 Å². The topological polar surface area (TPSA) is 66.8 Å². The molecule has 1 aromatic rings. The number of amides is 1. The van der Waals surface area contributed by atoms with E-state index in [1.165, 1.54) is 4.90 Å². The molecule has 1 N–H and O–H groups in total. The molecular weight excluding hydrogens is 270 g/mol. The van der Waals surface area contributed by atoms with Gasteiger partial charge in [0.05, 0.1) is 0 Å². The highest BCUT2D eigenvalue weighted by atomic mass is 16.5. The van der Waals surface area contributed by atoms with Crippen LogP contribution in [0.15, 0.2) is 24.3 Å². The van der Waals surface area contributed by atoms with E-state index in [0.29, 0.717) is 5.75 Å². The van der Waals surface area contributed by atoms with Gasteiger partial charge in [0, 0.05) is 5.54 Å². The lowest BCUT2D eigenvalue weighted by Gasteiger charge is -2.34. The second kappa shape index (κ2) is 7.11. The van der Waals surface area contributed by atoms with Crippen molar-refractivity contribution in [2.75, 3.05) is 13.2 Å². The van der Waals surface area contributed by atoms with Gasteiger partial charge in [0.2, 0.25) is 0 Å². The summed E-state index contributed by atoms with van der Waals surface area (Å²) in [6.45, 7) is 6.93. The van der Waals surface area contributed by atoms with Crippen LogP contribution in [0.25, 0.3) is 0 Å². The van der Waals surface area contributed by atoms with Crippen LogP contribution in [0, 0.1) is 0 Å². The summed E-state index contributed by atoms with van der Waals surface area (Å²) in [4.78, 5) is 24.4. The highest BCUT2D eigenvalue weighted by Gasteiger charge is 2.28. The van der Waals surface area contributed by atoms with Gasteiger partial charge >= 0.3 is 5.97 Å². The normalized spacial score (nSPS) is 11.0. The van der Waals surface area contributed by atoms with Gasteiger partial charge in [0.25, 0.3) is 5.91 Å². The van der Waals surface area contributed by atoms with Crippen molar-refractivity contribution in [1.82, 2.24) is 4.90 Å². The minimum absolute atomic E-state index is 0.169. The number of rotatable bonds is 6. The molecule has 0 heterocycles. The third kappa shape index (κ3) is 5.45. The average Bonchev–Trinajstić information content (AvgIpc) is 2.41. The number of carbonyl (C=O) groups excluding carboxylic acids is 1. The monoisotopic (exact) mass is 293 g/mol. The van der Waals surface area contributed by atoms with E-state index in [-0.39, 0.29) is 19.1 Å². The summed E-state index contributed by atoms with van der Waals surface area (Å²) in [5, 5.41) is 8.91. The number of aryl methyl sites for hydroxylation is 1.